The van der Waals surface area contributed by atoms with Gasteiger partial charge in [0.05, 0.1) is 6.04 Å². The van der Waals surface area contributed by atoms with Crippen molar-refractivity contribution in [3.05, 3.63) is 0 Å². The van der Waals surface area contributed by atoms with Crippen molar-refractivity contribution >= 4 is 35.5 Å². The molecule has 47 heavy (non-hydrogen) atoms. The number of rotatable bonds is 11. The summed E-state index contributed by atoms with van der Waals surface area (Å²) in [6.07, 6.45) is 6.41. The molecule has 1 aliphatic heterocycles. The van der Waals surface area contributed by atoms with Crippen molar-refractivity contribution in [3.63, 3.8) is 0 Å². The van der Waals surface area contributed by atoms with E-state index in [1.807, 2.05) is 27.7 Å². The van der Waals surface area contributed by atoms with Crippen LogP contribution < -0.4 is 21.7 Å². The highest BCUT2D eigenvalue weighted by atomic mass is 16.6. The smallest absolute Gasteiger partial charge is 0.329 e. The van der Waals surface area contributed by atoms with Crippen LogP contribution in [0.2, 0.25) is 0 Å². The molecule has 4 fully saturated rings. The minimum atomic E-state index is -1.09. The number of fused-ring (bicyclic) bond motifs is 1. The fraction of sp³-hybridized carbons (Fsp3) is 0.829. The van der Waals surface area contributed by atoms with Gasteiger partial charge in [0.2, 0.25) is 17.6 Å². The van der Waals surface area contributed by atoms with Crippen LogP contribution in [0.3, 0.4) is 0 Å². The Morgan fingerprint density at radius 2 is 1.49 bits per heavy atom. The topological polar surface area (TPSA) is 177 Å². The molecule has 5 amide bonds. The molecule has 0 aromatic carbocycles. The lowest BCUT2D eigenvalue weighted by molar-refractivity contribution is -0.160. The number of Topliss-reactive ketones (excluding diaryl/α,β-unsaturated/α-hetero) is 1. The predicted octanol–water partition coefficient (Wildman–Crippen LogP) is 3.20. The second-order valence-electron chi connectivity index (χ2n) is 17.5. The third kappa shape index (κ3) is 7.94. The monoisotopic (exact) mass is 659 g/mol. The molecule has 0 aromatic heterocycles. The Bertz CT molecular complexity index is 1270. The van der Waals surface area contributed by atoms with Gasteiger partial charge in [0.1, 0.15) is 23.7 Å². The number of likely N-dealkylation sites (tertiary alicyclic amines) is 1. The SMILES string of the molecule is CC(C)(C)OC(=O)[C@@H](NC(=O)N[C@H](C(=O)N1CC2[C@@H]([C@H]1C(=O)NC(CC1CCC1)C(=O)C(N)=O)C2(C)C)C1(C)CCCC1)C(C)(C)C. The Morgan fingerprint density at radius 3 is 1.98 bits per heavy atom. The van der Waals surface area contributed by atoms with Crippen molar-refractivity contribution in [1.29, 1.82) is 0 Å². The summed E-state index contributed by atoms with van der Waals surface area (Å²) in [5.41, 5.74) is 3.15. The number of primary amides is 1. The number of hydrogen-bond acceptors (Lipinski definition) is 7. The quantitative estimate of drug-likeness (QED) is 0.194. The van der Waals surface area contributed by atoms with E-state index in [1.54, 1.807) is 25.7 Å². The molecule has 0 spiro atoms. The first-order valence-electron chi connectivity index (χ1n) is 17.3. The summed E-state index contributed by atoms with van der Waals surface area (Å²) in [4.78, 5) is 81.7. The second-order valence-corrected chi connectivity index (χ2v) is 17.5. The third-order valence-corrected chi connectivity index (χ3v) is 11.2. The maximum atomic E-state index is 14.6. The van der Waals surface area contributed by atoms with Crippen molar-refractivity contribution in [3.8, 4) is 0 Å². The van der Waals surface area contributed by atoms with E-state index in [1.165, 1.54) is 0 Å². The molecule has 4 rings (SSSR count). The van der Waals surface area contributed by atoms with E-state index < -0.39 is 70.2 Å². The van der Waals surface area contributed by atoms with Crippen LogP contribution >= 0.6 is 0 Å². The Kier molecular flexibility index (Phi) is 10.2. The lowest BCUT2D eigenvalue weighted by atomic mass is 9.79. The number of nitrogens with one attached hydrogen (secondary N) is 3. The fourth-order valence-corrected chi connectivity index (χ4v) is 8.00. The van der Waals surface area contributed by atoms with Gasteiger partial charge in [0.15, 0.2) is 0 Å². The van der Waals surface area contributed by atoms with Crippen molar-refractivity contribution in [1.82, 2.24) is 20.9 Å². The van der Waals surface area contributed by atoms with E-state index >= 15 is 0 Å². The van der Waals surface area contributed by atoms with Gasteiger partial charge in [-0.15, -0.1) is 0 Å². The average Bonchev–Trinajstić information content (AvgIpc) is 3.28. The fourth-order valence-electron chi connectivity index (χ4n) is 8.00. The third-order valence-electron chi connectivity index (χ3n) is 11.2. The van der Waals surface area contributed by atoms with Crippen LogP contribution in [0.5, 0.6) is 0 Å². The molecule has 0 radical (unpaired) electrons. The van der Waals surface area contributed by atoms with E-state index in [9.17, 15) is 28.8 Å². The summed E-state index contributed by atoms with van der Waals surface area (Å²) in [6, 6.07) is -4.52. The van der Waals surface area contributed by atoms with Crippen LogP contribution in [0.15, 0.2) is 0 Å². The number of amides is 5. The first-order chi connectivity index (χ1) is 21.6. The molecule has 6 atom stereocenters. The van der Waals surface area contributed by atoms with E-state index in [0.29, 0.717) is 25.8 Å². The molecule has 5 N–H and O–H groups in total. The molecule has 2 unspecified atom stereocenters. The van der Waals surface area contributed by atoms with Gasteiger partial charge in [-0.2, -0.15) is 0 Å². The lowest BCUT2D eigenvalue weighted by Gasteiger charge is -2.40. The van der Waals surface area contributed by atoms with Crippen molar-refractivity contribution in [2.45, 2.75) is 143 Å². The Morgan fingerprint density at radius 1 is 0.894 bits per heavy atom. The average molecular weight is 660 g/mol. The zero-order valence-electron chi connectivity index (χ0n) is 29.8. The number of nitrogens with zero attached hydrogens (tertiary/aromatic N) is 1. The Balaban J connectivity index is 1.58. The highest BCUT2D eigenvalue weighted by molar-refractivity contribution is 6.37. The number of ketones is 1. The number of piperidine rings is 1. The normalized spacial score (nSPS) is 26.6. The standard InChI is InChI=1S/C35H57N5O7/c1-32(2,3)26(30(45)47-33(4,5)6)39-31(46)38-25(35(9)15-10-11-16-35)29(44)40-18-20-22(34(20,7)8)23(40)28(43)37-21(24(41)27(36)42)17-19-13-12-14-19/h19-23,25-26H,10-18H2,1-9H3,(H2,36,42)(H,37,43)(H2,38,39,46)/t20?,21?,22-,23-,25+,26+/m0/s1. The molecule has 264 valence electrons. The van der Waals surface area contributed by atoms with Gasteiger partial charge in [-0.05, 0) is 74.0 Å². The molecule has 3 aliphatic carbocycles. The maximum Gasteiger partial charge on any atom is 0.329 e. The highest BCUT2D eigenvalue weighted by Crippen LogP contribution is 2.65. The van der Waals surface area contributed by atoms with Gasteiger partial charge < -0.3 is 31.3 Å². The molecule has 0 aromatic rings. The molecule has 1 saturated heterocycles. The molecular formula is C35H57N5O7. The maximum absolute atomic E-state index is 14.6. The molecule has 3 saturated carbocycles. The zero-order valence-corrected chi connectivity index (χ0v) is 29.8. The minimum absolute atomic E-state index is 0.0717. The van der Waals surface area contributed by atoms with E-state index in [4.69, 9.17) is 10.5 Å². The van der Waals surface area contributed by atoms with Gasteiger partial charge in [-0.3, -0.25) is 19.2 Å². The summed E-state index contributed by atoms with van der Waals surface area (Å²) in [5, 5.41) is 8.53. The van der Waals surface area contributed by atoms with Gasteiger partial charge in [0, 0.05) is 6.54 Å². The van der Waals surface area contributed by atoms with Crippen molar-refractivity contribution in [2.75, 3.05) is 6.54 Å². The van der Waals surface area contributed by atoms with Gasteiger partial charge >= 0.3 is 12.0 Å². The summed E-state index contributed by atoms with van der Waals surface area (Å²) < 4.78 is 5.60. The number of hydrogen-bond donors (Lipinski definition) is 4. The zero-order chi connectivity index (χ0) is 35.3. The number of esters is 1. The van der Waals surface area contributed by atoms with Crippen molar-refractivity contribution in [2.24, 2.45) is 39.7 Å². The summed E-state index contributed by atoms with van der Waals surface area (Å²) in [6.45, 7) is 17.2. The first-order valence-corrected chi connectivity index (χ1v) is 17.3. The van der Waals surface area contributed by atoms with Gasteiger partial charge in [-0.25, -0.2) is 9.59 Å². The molecule has 1 heterocycles. The van der Waals surface area contributed by atoms with Crippen LogP contribution in [0.4, 0.5) is 4.79 Å². The minimum Gasteiger partial charge on any atom is -0.458 e. The van der Waals surface area contributed by atoms with E-state index in [2.05, 4.69) is 29.8 Å². The number of urea groups is 1. The van der Waals surface area contributed by atoms with Crippen LogP contribution in [-0.4, -0.2) is 76.7 Å². The molecule has 0 bridgehead atoms. The predicted molar refractivity (Wildman–Crippen MR) is 175 cm³/mol. The van der Waals surface area contributed by atoms with Crippen LogP contribution in [0, 0.1) is 34.0 Å². The van der Waals surface area contributed by atoms with E-state index in [0.717, 1.165) is 32.1 Å². The van der Waals surface area contributed by atoms with Crippen LogP contribution in [-0.2, 0) is 28.7 Å². The summed E-state index contributed by atoms with van der Waals surface area (Å²) >= 11 is 0. The van der Waals surface area contributed by atoms with Crippen LogP contribution in [0.1, 0.15) is 114 Å². The Labute approximate surface area is 279 Å². The van der Waals surface area contributed by atoms with Crippen molar-refractivity contribution < 1.29 is 33.5 Å². The van der Waals surface area contributed by atoms with Gasteiger partial charge in [0.25, 0.3) is 5.91 Å². The number of carbonyl (C=O) groups excluding carboxylic acids is 6. The summed E-state index contributed by atoms with van der Waals surface area (Å²) in [5.74, 6) is -3.19. The molecular weight excluding hydrogens is 602 g/mol. The largest absolute Gasteiger partial charge is 0.458 e. The lowest BCUT2D eigenvalue weighted by Crippen LogP contribution is -2.63. The Hall–Kier alpha value is -3.18. The highest BCUT2D eigenvalue weighted by Gasteiger charge is 2.70. The first kappa shape index (κ1) is 36.7. The summed E-state index contributed by atoms with van der Waals surface area (Å²) in [7, 11) is 0. The molecule has 12 heteroatoms. The second kappa shape index (κ2) is 13.0. The molecule has 12 nitrogen and oxygen atoms in total. The molecule has 4 aliphatic rings. The van der Waals surface area contributed by atoms with Crippen LogP contribution in [0.25, 0.3) is 0 Å². The number of ether oxygens (including phenoxy) is 1. The number of nitrogens with two attached hydrogens (primary N) is 1. The van der Waals surface area contributed by atoms with Gasteiger partial charge in [-0.1, -0.05) is 73.6 Å². The van der Waals surface area contributed by atoms with E-state index in [-0.39, 0.29) is 29.1 Å². The number of carbonyl (C=O) groups is 6.